The minimum absolute atomic E-state index is 0.154. The molecule has 5 heteroatoms. The number of nitrogens with zero attached hydrogens (tertiary/aromatic N) is 1. The molecule has 2 rings (SSSR count). The number of hydrogen-bond acceptors (Lipinski definition) is 3. The zero-order chi connectivity index (χ0) is 12.8. The lowest BCUT2D eigenvalue weighted by Crippen LogP contribution is -2.26. The summed E-state index contributed by atoms with van der Waals surface area (Å²) < 4.78 is 25.4. The number of hydrogen-bond donors (Lipinski definition) is 1. The Kier molecular flexibility index (Phi) is 2.81. The van der Waals surface area contributed by atoms with Crippen LogP contribution in [0.2, 0.25) is 0 Å². The Morgan fingerprint density at radius 3 is 2.41 bits per heavy atom. The Morgan fingerprint density at radius 1 is 1.29 bits per heavy atom. The van der Waals surface area contributed by atoms with E-state index < -0.39 is 10.0 Å². The topological polar surface area (TPSA) is 63.4 Å². The fourth-order valence-electron chi connectivity index (χ4n) is 2.19. The van der Waals surface area contributed by atoms with Crippen LogP contribution in [0.3, 0.4) is 0 Å². The lowest BCUT2D eigenvalue weighted by molar-refractivity contribution is 0.598. The summed E-state index contributed by atoms with van der Waals surface area (Å²) in [6.07, 6.45) is 0. The first kappa shape index (κ1) is 12.2. The highest BCUT2D eigenvalue weighted by Crippen LogP contribution is 2.33. The van der Waals surface area contributed by atoms with Crippen LogP contribution in [-0.2, 0) is 10.0 Å². The Balaban J connectivity index is 2.52. The van der Waals surface area contributed by atoms with Gasteiger partial charge in [-0.1, -0.05) is 6.92 Å². The highest BCUT2D eigenvalue weighted by atomic mass is 32.2. The molecule has 2 N–H and O–H groups in total. The van der Waals surface area contributed by atoms with Crippen LogP contribution in [0.5, 0.6) is 0 Å². The maximum absolute atomic E-state index is 12.0. The Labute approximate surface area is 102 Å². The molecule has 1 aromatic carbocycles. The predicted octanol–water partition coefficient (Wildman–Crippen LogP) is 1.67. The second-order valence-corrected chi connectivity index (χ2v) is 6.85. The summed E-state index contributed by atoms with van der Waals surface area (Å²) in [6.45, 7) is 6.39. The van der Waals surface area contributed by atoms with Crippen molar-refractivity contribution < 1.29 is 8.42 Å². The summed E-state index contributed by atoms with van der Waals surface area (Å²) in [4.78, 5) is 0. The minimum Gasteiger partial charge on any atom is -0.397 e. The molecule has 1 fully saturated rings. The first-order valence-electron chi connectivity index (χ1n) is 5.68. The van der Waals surface area contributed by atoms with Crippen LogP contribution in [0.4, 0.5) is 11.4 Å². The van der Waals surface area contributed by atoms with Gasteiger partial charge in [0.2, 0.25) is 10.0 Å². The molecule has 1 unspecified atom stereocenters. The Morgan fingerprint density at radius 2 is 1.88 bits per heavy atom. The van der Waals surface area contributed by atoms with E-state index in [1.807, 2.05) is 32.9 Å². The van der Waals surface area contributed by atoms with Crippen molar-refractivity contribution in [2.24, 2.45) is 5.92 Å². The summed E-state index contributed by atoms with van der Waals surface area (Å²) in [6, 6.07) is 3.70. The fraction of sp³-hybridized carbons (Fsp3) is 0.500. The summed E-state index contributed by atoms with van der Waals surface area (Å²) >= 11 is 0. The van der Waals surface area contributed by atoms with E-state index in [1.54, 1.807) is 0 Å². The van der Waals surface area contributed by atoms with Crippen molar-refractivity contribution in [2.45, 2.75) is 20.8 Å². The van der Waals surface area contributed by atoms with E-state index in [0.29, 0.717) is 17.9 Å². The number of nitrogen functional groups attached to an aromatic ring is 1. The van der Waals surface area contributed by atoms with Gasteiger partial charge in [0.25, 0.3) is 0 Å². The molecule has 0 aliphatic carbocycles. The van der Waals surface area contributed by atoms with Gasteiger partial charge in [-0.05, 0) is 43.0 Å². The zero-order valence-corrected chi connectivity index (χ0v) is 11.2. The molecule has 0 saturated carbocycles. The molecule has 0 aromatic heterocycles. The third-order valence-electron chi connectivity index (χ3n) is 3.22. The molecule has 17 heavy (non-hydrogen) atoms. The highest BCUT2D eigenvalue weighted by Gasteiger charge is 2.34. The van der Waals surface area contributed by atoms with Gasteiger partial charge in [-0.15, -0.1) is 0 Å². The first-order chi connectivity index (χ1) is 7.81. The van der Waals surface area contributed by atoms with Crippen molar-refractivity contribution in [3.8, 4) is 0 Å². The van der Waals surface area contributed by atoms with Gasteiger partial charge >= 0.3 is 0 Å². The highest BCUT2D eigenvalue weighted by molar-refractivity contribution is 7.93. The molecule has 94 valence electrons. The molecule has 1 aliphatic heterocycles. The maximum Gasteiger partial charge on any atom is 0.235 e. The summed E-state index contributed by atoms with van der Waals surface area (Å²) in [5, 5.41) is 0. The quantitative estimate of drug-likeness (QED) is 0.775. The molecule has 1 heterocycles. The van der Waals surface area contributed by atoms with Gasteiger partial charge in [0.15, 0.2) is 0 Å². The molecular formula is C12H18N2O2S. The van der Waals surface area contributed by atoms with Crippen molar-refractivity contribution in [1.29, 1.82) is 0 Å². The third kappa shape index (κ3) is 2.11. The zero-order valence-electron chi connectivity index (χ0n) is 10.4. The monoisotopic (exact) mass is 254 g/mol. The van der Waals surface area contributed by atoms with Crippen LogP contribution < -0.4 is 10.0 Å². The van der Waals surface area contributed by atoms with Gasteiger partial charge in [0, 0.05) is 6.54 Å². The second kappa shape index (κ2) is 3.91. The number of nitrogens with two attached hydrogens (primary N) is 1. The van der Waals surface area contributed by atoms with Gasteiger partial charge < -0.3 is 5.73 Å². The van der Waals surface area contributed by atoms with Crippen molar-refractivity contribution >= 4 is 21.4 Å². The van der Waals surface area contributed by atoms with Gasteiger partial charge in [0.1, 0.15) is 0 Å². The van der Waals surface area contributed by atoms with Crippen molar-refractivity contribution in [3.05, 3.63) is 23.3 Å². The van der Waals surface area contributed by atoms with Gasteiger partial charge in [-0.2, -0.15) is 0 Å². The van der Waals surface area contributed by atoms with Crippen molar-refractivity contribution in [1.82, 2.24) is 0 Å². The van der Waals surface area contributed by atoms with Crippen molar-refractivity contribution in [2.75, 3.05) is 22.3 Å². The molecule has 1 aromatic rings. The van der Waals surface area contributed by atoms with E-state index in [9.17, 15) is 8.42 Å². The van der Waals surface area contributed by atoms with Crippen LogP contribution in [0.1, 0.15) is 18.1 Å². The molecule has 1 atom stereocenters. The van der Waals surface area contributed by atoms with E-state index in [2.05, 4.69) is 0 Å². The molecule has 1 aliphatic rings. The molecule has 1 saturated heterocycles. The maximum atomic E-state index is 12.0. The molecule has 0 bridgehead atoms. The first-order valence-corrected chi connectivity index (χ1v) is 7.29. The molecule has 0 spiro atoms. The normalized spacial score (nSPS) is 23.0. The van der Waals surface area contributed by atoms with Crippen LogP contribution in [-0.4, -0.2) is 20.7 Å². The molecule has 0 amide bonds. The van der Waals surface area contributed by atoms with E-state index >= 15 is 0 Å². The smallest absolute Gasteiger partial charge is 0.235 e. The van der Waals surface area contributed by atoms with Crippen molar-refractivity contribution in [3.63, 3.8) is 0 Å². The fourth-order valence-corrected chi connectivity index (χ4v) is 4.13. The van der Waals surface area contributed by atoms with Gasteiger partial charge in [-0.3, -0.25) is 4.31 Å². The van der Waals surface area contributed by atoms with E-state index in [4.69, 9.17) is 5.73 Å². The van der Waals surface area contributed by atoms with E-state index in [-0.39, 0.29) is 11.7 Å². The second-order valence-electron chi connectivity index (χ2n) is 4.91. The van der Waals surface area contributed by atoms with Crippen LogP contribution in [0.15, 0.2) is 12.1 Å². The lowest BCUT2D eigenvalue weighted by Gasteiger charge is -2.20. The SMILES string of the molecule is Cc1cc(N)c(N2CC(C)CS2(=O)=O)cc1C. The lowest BCUT2D eigenvalue weighted by atomic mass is 10.1. The summed E-state index contributed by atoms with van der Waals surface area (Å²) in [7, 11) is -3.19. The average Bonchev–Trinajstić information content (AvgIpc) is 2.45. The summed E-state index contributed by atoms with van der Waals surface area (Å²) in [5.41, 5.74) is 9.23. The Hall–Kier alpha value is -1.23. The number of aryl methyl sites for hydroxylation is 2. The number of benzene rings is 1. The van der Waals surface area contributed by atoms with E-state index in [1.165, 1.54) is 4.31 Å². The molecule has 4 nitrogen and oxygen atoms in total. The van der Waals surface area contributed by atoms with Crippen LogP contribution in [0, 0.1) is 19.8 Å². The number of sulfonamides is 1. The minimum atomic E-state index is -3.19. The number of rotatable bonds is 1. The molecule has 0 radical (unpaired) electrons. The standard InChI is InChI=1S/C12H18N2O2S/c1-8-6-14(17(15,16)7-8)12-5-10(3)9(2)4-11(12)13/h4-5,8H,6-7,13H2,1-3H3. The van der Waals surface area contributed by atoms with Gasteiger partial charge in [0.05, 0.1) is 17.1 Å². The van der Waals surface area contributed by atoms with E-state index in [0.717, 1.165) is 11.1 Å². The van der Waals surface area contributed by atoms with Crippen LogP contribution in [0.25, 0.3) is 0 Å². The Bertz CT molecular complexity index is 552. The predicted molar refractivity (Wildman–Crippen MR) is 70.6 cm³/mol. The third-order valence-corrected chi connectivity index (χ3v) is 5.23. The molecular weight excluding hydrogens is 236 g/mol. The summed E-state index contributed by atoms with van der Waals surface area (Å²) in [5.74, 6) is 0.361. The number of anilines is 2. The van der Waals surface area contributed by atoms with Crippen LogP contribution >= 0.6 is 0 Å². The largest absolute Gasteiger partial charge is 0.397 e. The average molecular weight is 254 g/mol. The van der Waals surface area contributed by atoms with Gasteiger partial charge in [-0.25, -0.2) is 8.42 Å².